The molecule has 2 aromatic carbocycles. The summed E-state index contributed by atoms with van der Waals surface area (Å²) < 4.78 is 40.7. The molecule has 0 bridgehead atoms. The number of aromatic nitrogens is 3. The van der Waals surface area contributed by atoms with E-state index >= 15 is 8.78 Å². The molecule has 81 heavy (non-hydrogen) atoms. The van der Waals surface area contributed by atoms with E-state index in [0.717, 1.165) is 27.5 Å². The first-order chi connectivity index (χ1) is 39.4. The van der Waals surface area contributed by atoms with Crippen LogP contribution in [0.5, 0.6) is 0 Å². The van der Waals surface area contributed by atoms with Crippen LogP contribution in [0.1, 0.15) is 181 Å². The number of aryl methyl sites for hydroxylation is 2. The Balaban J connectivity index is 1.20. The maximum Gasteiger partial charge on any atom is 0.170 e. The molecule has 13 heteroatoms. The molecule has 0 radical (unpaired) electrons. The molecule has 0 amide bonds. The lowest BCUT2D eigenvalue weighted by Crippen LogP contribution is -2.45. The quantitative estimate of drug-likeness (QED) is 0.0303. The van der Waals surface area contributed by atoms with Crippen LogP contribution < -0.4 is 9.00 Å². The maximum atomic E-state index is 17.4. The number of fused-ring (bicyclic) bond motifs is 3. The normalized spacial score (nSPS) is 12.9. The molecule has 1 unspecified atom stereocenters. The van der Waals surface area contributed by atoms with Crippen LogP contribution in [0.15, 0.2) is 60.7 Å². The van der Waals surface area contributed by atoms with Crippen molar-refractivity contribution in [3.63, 3.8) is 0 Å². The fraction of sp³-hybridized carbons (Fsp3) is 0.529. The average molecular weight is 1240 g/mol. The number of thiophene rings is 6. The molecule has 9 aromatic rings. The highest BCUT2D eigenvalue weighted by atomic mass is 32.1. The van der Waals surface area contributed by atoms with Crippen LogP contribution in [0.2, 0.25) is 36.3 Å². The molecule has 7 heterocycles. The van der Waals surface area contributed by atoms with Gasteiger partial charge in [-0.15, -0.1) is 68.0 Å². The number of hydrogen-bond donors (Lipinski definition) is 0. The highest BCUT2D eigenvalue weighted by Crippen LogP contribution is 2.54. The second-order valence-corrected chi connectivity index (χ2v) is 40.5. The smallest absolute Gasteiger partial charge is 0.170 e. The Morgan fingerprint density at radius 3 is 1.32 bits per heavy atom. The van der Waals surface area contributed by atoms with E-state index in [2.05, 4.69) is 127 Å². The van der Waals surface area contributed by atoms with E-state index in [9.17, 15) is 0 Å². The number of unbranched alkanes of at least 4 members (excludes halogenated alkanes) is 8. The van der Waals surface area contributed by atoms with Gasteiger partial charge in [-0.2, -0.15) is 15.0 Å². The zero-order valence-corrected chi connectivity index (χ0v) is 57.5. The van der Waals surface area contributed by atoms with Gasteiger partial charge in [-0.1, -0.05) is 207 Å². The average Bonchev–Trinajstić information content (AvgIpc) is 4.46. The summed E-state index contributed by atoms with van der Waals surface area (Å²) in [6, 6.07) is 31.2. The van der Waals surface area contributed by atoms with Gasteiger partial charge in [0.2, 0.25) is 0 Å². The fourth-order valence-electron chi connectivity index (χ4n) is 13.8. The minimum atomic E-state index is -1.70. The zero-order chi connectivity index (χ0) is 57.3. The van der Waals surface area contributed by atoms with E-state index in [4.69, 9.17) is 10.2 Å². The Hall–Kier alpha value is -3.15. The molecular weight excluding hydrogens is 1150 g/mol. The van der Waals surface area contributed by atoms with Gasteiger partial charge in [0, 0.05) is 70.3 Å². The van der Waals surface area contributed by atoms with Crippen LogP contribution in [0.25, 0.3) is 82.7 Å². The molecule has 0 saturated heterocycles. The fourth-order valence-corrected chi connectivity index (χ4v) is 33.8. The molecule has 0 N–H and O–H groups in total. The summed E-state index contributed by atoms with van der Waals surface area (Å²) in [7, 11) is -3.41. The third-order valence-electron chi connectivity index (χ3n) is 17.4. The topological polar surface area (TPSA) is 30.7 Å². The Morgan fingerprint density at radius 1 is 0.407 bits per heavy atom. The van der Waals surface area contributed by atoms with Gasteiger partial charge in [0.05, 0.1) is 33.8 Å². The van der Waals surface area contributed by atoms with E-state index in [0.29, 0.717) is 33.3 Å². The molecule has 0 aliphatic carbocycles. The number of benzene rings is 2. The third-order valence-corrected chi connectivity index (χ3v) is 38.1. The lowest BCUT2D eigenvalue weighted by molar-refractivity contribution is 0.327. The molecular formula is C68H91F2N3S6Si2. The van der Waals surface area contributed by atoms with E-state index < -0.39 is 27.8 Å². The third kappa shape index (κ3) is 13.5. The molecule has 9 rings (SSSR count). The Bertz CT molecular complexity index is 3320. The summed E-state index contributed by atoms with van der Waals surface area (Å²) in [5.74, 6) is -1.28. The Morgan fingerprint density at radius 2 is 0.827 bits per heavy atom. The molecule has 0 spiro atoms. The van der Waals surface area contributed by atoms with Crippen molar-refractivity contribution in [3.8, 4) is 51.5 Å². The molecule has 7 aromatic heterocycles. The van der Waals surface area contributed by atoms with Crippen molar-refractivity contribution in [1.82, 2.24) is 15.0 Å². The summed E-state index contributed by atoms with van der Waals surface area (Å²) in [6.45, 7) is 23.8. The van der Waals surface area contributed by atoms with Gasteiger partial charge in [0.15, 0.2) is 11.6 Å². The number of halogens is 2. The van der Waals surface area contributed by atoms with E-state index in [1.165, 1.54) is 196 Å². The first-order valence-electron chi connectivity index (χ1n) is 31.5. The predicted octanol–water partition coefficient (Wildman–Crippen LogP) is 24.4. The van der Waals surface area contributed by atoms with Crippen molar-refractivity contribution < 1.29 is 8.78 Å². The molecule has 436 valence electrons. The van der Waals surface area contributed by atoms with Crippen molar-refractivity contribution in [3.05, 3.63) is 82.1 Å². The van der Waals surface area contributed by atoms with Gasteiger partial charge in [-0.25, -0.2) is 8.78 Å². The summed E-state index contributed by atoms with van der Waals surface area (Å²) in [5, 5.41) is 13.0. The maximum absolute atomic E-state index is 17.4. The van der Waals surface area contributed by atoms with Crippen molar-refractivity contribution in [2.45, 2.75) is 228 Å². The Labute approximate surface area is 511 Å². The van der Waals surface area contributed by atoms with Crippen molar-refractivity contribution >= 4 is 124 Å². The summed E-state index contributed by atoms with van der Waals surface area (Å²) in [4.78, 5) is 10.6. The second kappa shape index (κ2) is 28.8. The Kier molecular flexibility index (Phi) is 22.2. The SMILES string of the molecule is CCCCCCCCC(CCCCCC)Cn1nc2c(-c3ccc(C)s3)c(F)c(F)c(-c3ccc(-c4cc5c(-c6ccc([Si](CCC)(CCC)CCC)s6)c6sc(C)cc6c(-c6ccc([Si](CCC)(CCC)CCC)s6)c5s4)s3)c2n1. The molecule has 1 atom stereocenters. The number of nitrogens with zero attached hydrogens (tertiary/aromatic N) is 3. The zero-order valence-electron chi connectivity index (χ0n) is 50.6. The summed E-state index contributed by atoms with van der Waals surface area (Å²) >= 11 is 11.1. The van der Waals surface area contributed by atoms with E-state index in [1.54, 1.807) is 25.1 Å². The van der Waals surface area contributed by atoms with E-state index in [1.807, 2.05) is 47.8 Å². The van der Waals surface area contributed by atoms with Crippen LogP contribution in [0.3, 0.4) is 0 Å². The van der Waals surface area contributed by atoms with Crippen LogP contribution in [0, 0.1) is 31.4 Å². The monoisotopic (exact) mass is 1240 g/mol. The van der Waals surface area contributed by atoms with Crippen LogP contribution in [-0.2, 0) is 6.54 Å². The van der Waals surface area contributed by atoms with Crippen LogP contribution in [0.4, 0.5) is 8.78 Å². The first-order valence-corrected chi connectivity index (χ1v) is 41.7. The van der Waals surface area contributed by atoms with Gasteiger partial charge in [0.25, 0.3) is 0 Å². The number of hydrogen-bond acceptors (Lipinski definition) is 8. The molecule has 0 aliphatic heterocycles. The molecule has 0 fully saturated rings. The minimum absolute atomic E-state index is 0.228. The lowest BCUT2D eigenvalue weighted by Gasteiger charge is -2.30. The summed E-state index contributed by atoms with van der Waals surface area (Å²) in [5.41, 5.74) is 4.11. The van der Waals surface area contributed by atoms with Gasteiger partial charge >= 0.3 is 0 Å². The van der Waals surface area contributed by atoms with E-state index in [-0.39, 0.29) is 11.1 Å². The molecule has 0 aliphatic rings. The van der Waals surface area contributed by atoms with Gasteiger partial charge in [-0.05, 0) is 90.1 Å². The number of rotatable bonds is 33. The largest absolute Gasteiger partial charge is 0.203 e. The molecule has 0 saturated carbocycles. The van der Waals surface area contributed by atoms with Crippen molar-refractivity contribution in [2.24, 2.45) is 5.92 Å². The van der Waals surface area contributed by atoms with Crippen LogP contribution >= 0.6 is 68.0 Å². The van der Waals surface area contributed by atoms with Gasteiger partial charge in [-0.3, -0.25) is 0 Å². The predicted molar refractivity (Wildman–Crippen MR) is 368 cm³/mol. The van der Waals surface area contributed by atoms with Crippen LogP contribution in [-0.4, -0.2) is 31.1 Å². The van der Waals surface area contributed by atoms with Gasteiger partial charge < -0.3 is 0 Å². The highest BCUT2D eigenvalue weighted by molar-refractivity contribution is 7.32. The highest BCUT2D eigenvalue weighted by Gasteiger charge is 2.37. The summed E-state index contributed by atoms with van der Waals surface area (Å²) in [6.07, 6.45) is 22.1. The standard InChI is InChI=1S/C68H91F2N3S6Si2/c1-11-19-21-23-24-26-28-48(27-25-22-20-12-2)45-73-71-65-61(54-30-29-46(9)74-54)63(69)64(70)62(66(65)72-73)55-32-31-51(76-55)56-44-50-60(53-34-36-58(78-53)81(40-16-6,41-17-7)42-18-8)67-49(43-47(10)75-67)59(68(50)79-56)52-33-35-57(77-52)80(37-13-3,38-14-4)39-15-5/h29-36,43-44,48H,11-28,37-42,45H2,1-10H3. The first kappa shape index (κ1) is 62.4. The van der Waals surface area contributed by atoms with Crippen molar-refractivity contribution in [2.75, 3.05) is 0 Å². The van der Waals surface area contributed by atoms with Gasteiger partial charge in [0.1, 0.15) is 11.0 Å². The molecule has 3 nitrogen and oxygen atoms in total. The second-order valence-electron chi connectivity index (χ2n) is 23.8. The lowest BCUT2D eigenvalue weighted by atomic mass is 9.94. The van der Waals surface area contributed by atoms with Crippen molar-refractivity contribution in [1.29, 1.82) is 0 Å². The minimum Gasteiger partial charge on any atom is -0.203 e.